The minimum absolute atomic E-state index is 1.03. The predicted molar refractivity (Wildman–Crippen MR) is 61.0 cm³/mol. The van der Waals surface area contributed by atoms with Gasteiger partial charge >= 0.3 is 0 Å². The van der Waals surface area contributed by atoms with Crippen molar-refractivity contribution < 1.29 is 0 Å². The number of thiophene rings is 1. The molecule has 0 aliphatic rings. The van der Waals surface area contributed by atoms with Gasteiger partial charge in [0.25, 0.3) is 0 Å². The lowest BCUT2D eigenvalue weighted by molar-refractivity contribution is 1.37. The highest BCUT2D eigenvalue weighted by molar-refractivity contribution is 7.97. The minimum Gasteiger partial charge on any atom is -0.274 e. The lowest BCUT2D eigenvalue weighted by atomic mass is 10.4. The van der Waals surface area contributed by atoms with Gasteiger partial charge in [-0.25, -0.2) is 0 Å². The summed E-state index contributed by atoms with van der Waals surface area (Å²) in [6, 6.07) is 3.93. The standard InChI is InChI=1S/C7H6N2S2.C2H6/c8-11-6-1-3-9-5-2-4-10-7(5)6;1-2/h1-4H,8H2;1-2H3. The second kappa shape index (κ2) is 5.21. The Bertz CT molecular complexity index is 370. The summed E-state index contributed by atoms with van der Waals surface area (Å²) in [7, 11) is 0. The Hall–Kier alpha value is -0.580. The number of fused-ring (bicyclic) bond motifs is 1. The number of rotatable bonds is 1. The monoisotopic (exact) mass is 212 g/mol. The minimum atomic E-state index is 1.03. The highest BCUT2D eigenvalue weighted by Crippen LogP contribution is 2.27. The maximum atomic E-state index is 5.47. The fourth-order valence-corrected chi connectivity index (χ4v) is 2.34. The van der Waals surface area contributed by atoms with Gasteiger partial charge in [-0.15, -0.1) is 11.3 Å². The smallest absolute Gasteiger partial charge is 0.0821 e. The Morgan fingerprint density at radius 2 is 2.15 bits per heavy atom. The Labute approximate surface area is 86.3 Å². The first-order valence-corrected chi connectivity index (χ1v) is 5.86. The molecule has 0 radical (unpaired) electrons. The molecule has 70 valence electrons. The fourth-order valence-electron chi connectivity index (χ4n) is 0.942. The van der Waals surface area contributed by atoms with Crippen LogP contribution in [-0.2, 0) is 0 Å². The van der Waals surface area contributed by atoms with Gasteiger partial charge in [-0.2, -0.15) is 0 Å². The van der Waals surface area contributed by atoms with Crippen LogP contribution in [0.3, 0.4) is 0 Å². The van der Waals surface area contributed by atoms with E-state index in [1.807, 2.05) is 31.4 Å². The van der Waals surface area contributed by atoms with Crippen molar-refractivity contribution in [3.63, 3.8) is 0 Å². The van der Waals surface area contributed by atoms with Crippen LogP contribution < -0.4 is 5.14 Å². The molecule has 13 heavy (non-hydrogen) atoms. The van der Waals surface area contributed by atoms with Crippen molar-refractivity contribution in [1.29, 1.82) is 0 Å². The summed E-state index contributed by atoms with van der Waals surface area (Å²) in [6.45, 7) is 4.00. The first-order chi connectivity index (χ1) is 6.42. The number of hydrogen-bond donors (Lipinski definition) is 1. The molecule has 0 atom stereocenters. The Morgan fingerprint density at radius 3 is 2.85 bits per heavy atom. The van der Waals surface area contributed by atoms with Crippen molar-refractivity contribution in [3.8, 4) is 0 Å². The highest BCUT2D eigenvalue weighted by atomic mass is 32.2. The van der Waals surface area contributed by atoms with Gasteiger partial charge < -0.3 is 0 Å². The van der Waals surface area contributed by atoms with E-state index in [4.69, 9.17) is 5.14 Å². The molecular formula is C9H12N2S2. The second-order valence-corrected chi connectivity index (χ2v) is 3.65. The third-order valence-electron chi connectivity index (χ3n) is 1.43. The van der Waals surface area contributed by atoms with Crippen molar-refractivity contribution in [2.75, 3.05) is 0 Å². The maximum Gasteiger partial charge on any atom is 0.0821 e. The topological polar surface area (TPSA) is 38.9 Å². The molecule has 4 heteroatoms. The van der Waals surface area contributed by atoms with Crippen LogP contribution >= 0.6 is 23.3 Å². The van der Waals surface area contributed by atoms with E-state index in [2.05, 4.69) is 4.98 Å². The van der Waals surface area contributed by atoms with Crippen LogP contribution in [0.15, 0.2) is 28.6 Å². The third-order valence-corrected chi connectivity index (χ3v) is 3.10. The summed E-state index contributed by atoms with van der Waals surface area (Å²) < 4.78 is 1.18. The molecule has 2 heterocycles. The molecule has 2 aromatic heterocycles. The van der Waals surface area contributed by atoms with Crippen molar-refractivity contribution in [3.05, 3.63) is 23.7 Å². The summed E-state index contributed by atoms with van der Waals surface area (Å²) in [4.78, 5) is 5.29. The summed E-state index contributed by atoms with van der Waals surface area (Å²) in [6.07, 6.45) is 1.78. The Morgan fingerprint density at radius 1 is 1.38 bits per heavy atom. The van der Waals surface area contributed by atoms with Gasteiger partial charge in [-0.05, 0) is 29.5 Å². The molecule has 0 bridgehead atoms. The van der Waals surface area contributed by atoms with Gasteiger partial charge in [0, 0.05) is 11.1 Å². The molecule has 0 amide bonds. The van der Waals surface area contributed by atoms with E-state index in [-0.39, 0.29) is 0 Å². The maximum absolute atomic E-state index is 5.47. The fraction of sp³-hybridized carbons (Fsp3) is 0.222. The molecule has 2 aromatic rings. The average Bonchev–Trinajstić information content (AvgIpc) is 2.68. The van der Waals surface area contributed by atoms with Crippen molar-refractivity contribution in [2.24, 2.45) is 5.14 Å². The third kappa shape index (κ3) is 2.21. The molecule has 0 saturated carbocycles. The van der Waals surface area contributed by atoms with Crippen LogP contribution in [0.1, 0.15) is 13.8 Å². The molecular weight excluding hydrogens is 200 g/mol. The zero-order valence-corrected chi connectivity index (χ0v) is 9.28. The normalized spacial score (nSPS) is 9.46. The quantitative estimate of drug-likeness (QED) is 0.737. The van der Waals surface area contributed by atoms with Crippen molar-refractivity contribution in [2.45, 2.75) is 18.7 Å². The van der Waals surface area contributed by atoms with Gasteiger partial charge in [0.15, 0.2) is 0 Å². The molecule has 2 nitrogen and oxygen atoms in total. The van der Waals surface area contributed by atoms with E-state index in [1.54, 1.807) is 17.5 Å². The summed E-state index contributed by atoms with van der Waals surface area (Å²) in [5.41, 5.74) is 1.03. The lowest BCUT2D eigenvalue weighted by Gasteiger charge is -1.94. The summed E-state index contributed by atoms with van der Waals surface area (Å²) in [5.74, 6) is 0. The lowest BCUT2D eigenvalue weighted by Crippen LogP contribution is -1.80. The molecule has 0 spiro atoms. The van der Waals surface area contributed by atoms with E-state index < -0.39 is 0 Å². The average molecular weight is 212 g/mol. The molecule has 0 aromatic carbocycles. The molecule has 2 N–H and O–H groups in total. The van der Waals surface area contributed by atoms with Crippen molar-refractivity contribution >= 4 is 33.5 Å². The van der Waals surface area contributed by atoms with E-state index in [9.17, 15) is 0 Å². The zero-order valence-electron chi connectivity index (χ0n) is 7.65. The molecule has 0 fully saturated rings. The van der Waals surface area contributed by atoms with Gasteiger partial charge in [0.05, 0.1) is 10.2 Å². The van der Waals surface area contributed by atoms with E-state index >= 15 is 0 Å². The van der Waals surface area contributed by atoms with E-state index in [0.29, 0.717) is 0 Å². The number of pyridine rings is 1. The number of nitrogens with two attached hydrogens (primary N) is 1. The molecule has 0 unspecified atom stereocenters. The van der Waals surface area contributed by atoms with Crippen LogP contribution in [0.4, 0.5) is 0 Å². The van der Waals surface area contributed by atoms with Crippen LogP contribution in [0.25, 0.3) is 10.2 Å². The summed E-state index contributed by atoms with van der Waals surface area (Å²) >= 11 is 2.95. The van der Waals surface area contributed by atoms with Gasteiger partial charge in [-0.3, -0.25) is 10.1 Å². The largest absolute Gasteiger partial charge is 0.274 e. The molecule has 0 saturated heterocycles. The van der Waals surface area contributed by atoms with Crippen LogP contribution in [0.2, 0.25) is 0 Å². The van der Waals surface area contributed by atoms with Gasteiger partial charge in [-0.1, -0.05) is 13.8 Å². The Kier molecular flexibility index (Phi) is 4.21. The number of nitrogens with zero attached hydrogens (tertiary/aromatic N) is 1. The van der Waals surface area contributed by atoms with Crippen LogP contribution in [0, 0.1) is 0 Å². The molecule has 0 aliphatic heterocycles. The molecule has 0 aliphatic carbocycles. The first kappa shape index (κ1) is 10.5. The summed E-state index contributed by atoms with van der Waals surface area (Å²) in [5, 5.41) is 7.50. The second-order valence-electron chi connectivity index (χ2n) is 2.06. The van der Waals surface area contributed by atoms with Gasteiger partial charge in [0.2, 0.25) is 0 Å². The van der Waals surface area contributed by atoms with Crippen LogP contribution in [0.5, 0.6) is 0 Å². The molecule has 2 rings (SSSR count). The number of hydrogen-bond acceptors (Lipinski definition) is 4. The number of aromatic nitrogens is 1. The van der Waals surface area contributed by atoms with Gasteiger partial charge in [0.1, 0.15) is 0 Å². The SMILES string of the molecule is CC.NSc1ccnc2ccsc12. The van der Waals surface area contributed by atoms with E-state index in [1.165, 1.54) is 16.6 Å². The first-order valence-electron chi connectivity index (χ1n) is 4.11. The predicted octanol–water partition coefficient (Wildman–Crippen LogP) is 3.29. The Balaban J connectivity index is 0.000000396. The van der Waals surface area contributed by atoms with E-state index in [0.717, 1.165) is 10.4 Å². The van der Waals surface area contributed by atoms with Crippen molar-refractivity contribution in [1.82, 2.24) is 4.98 Å². The zero-order chi connectivity index (χ0) is 9.68. The van der Waals surface area contributed by atoms with Crippen LogP contribution in [-0.4, -0.2) is 4.98 Å². The highest BCUT2D eigenvalue weighted by Gasteiger charge is 2.00.